The lowest BCUT2D eigenvalue weighted by atomic mass is 10.1. The van der Waals surface area contributed by atoms with Crippen LogP contribution in [0.2, 0.25) is 0 Å². The zero-order valence-electron chi connectivity index (χ0n) is 17.9. The second-order valence-corrected chi connectivity index (χ2v) is 9.05. The van der Waals surface area contributed by atoms with E-state index in [2.05, 4.69) is 10.3 Å². The SMILES string of the molecule is COc1ccc(N2CC(C(=O)N3CCc4nc(NC(=O)c5ccoc5)sc4C3)CC2=O)cc1. The van der Waals surface area contributed by atoms with Crippen molar-refractivity contribution in [2.24, 2.45) is 5.92 Å². The number of anilines is 2. The highest BCUT2D eigenvalue weighted by atomic mass is 32.1. The first-order valence-corrected chi connectivity index (χ1v) is 11.4. The molecule has 9 nitrogen and oxygen atoms in total. The molecule has 1 N–H and O–H groups in total. The highest BCUT2D eigenvalue weighted by Gasteiger charge is 2.38. The van der Waals surface area contributed by atoms with E-state index < -0.39 is 0 Å². The minimum Gasteiger partial charge on any atom is -0.497 e. The maximum atomic E-state index is 13.2. The number of aromatic nitrogens is 1. The predicted molar refractivity (Wildman–Crippen MR) is 121 cm³/mol. The van der Waals surface area contributed by atoms with Crippen LogP contribution in [0.25, 0.3) is 0 Å². The number of nitrogens with one attached hydrogen (secondary N) is 1. The normalized spacial score (nSPS) is 17.7. The molecule has 0 radical (unpaired) electrons. The number of thiazole rings is 1. The molecule has 0 saturated carbocycles. The van der Waals surface area contributed by atoms with E-state index in [1.54, 1.807) is 35.1 Å². The van der Waals surface area contributed by atoms with Gasteiger partial charge >= 0.3 is 0 Å². The average Bonchev–Trinajstić information content (AvgIpc) is 3.57. The largest absolute Gasteiger partial charge is 0.497 e. The van der Waals surface area contributed by atoms with E-state index in [4.69, 9.17) is 9.15 Å². The molecular formula is C23H22N4O5S. The first-order chi connectivity index (χ1) is 16.0. The maximum Gasteiger partial charge on any atom is 0.260 e. The monoisotopic (exact) mass is 466 g/mol. The summed E-state index contributed by atoms with van der Waals surface area (Å²) >= 11 is 1.37. The number of methoxy groups -OCH3 is 1. The number of carbonyl (C=O) groups excluding carboxylic acids is 3. The summed E-state index contributed by atoms with van der Waals surface area (Å²) in [5.74, 6) is -0.0344. The lowest BCUT2D eigenvalue weighted by Gasteiger charge is -2.28. The van der Waals surface area contributed by atoms with E-state index in [1.807, 2.05) is 12.1 Å². The molecule has 3 aromatic rings. The smallest absolute Gasteiger partial charge is 0.260 e. The second-order valence-electron chi connectivity index (χ2n) is 7.97. The van der Waals surface area contributed by atoms with Gasteiger partial charge in [0.05, 0.1) is 37.1 Å². The van der Waals surface area contributed by atoms with Crippen LogP contribution >= 0.6 is 11.3 Å². The fraction of sp³-hybridized carbons (Fsp3) is 0.304. The van der Waals surface area contributed by atoms with Crippen molar-refractivity contribution in [3.63, 3.8) is 0 Å². The van der Waals surface area contributed by atoms with Gasteiger partial charge in [0.2, 0.25) is 11.8 Å². The van der Waals surface area contributed by atoms with Gasteiger partial charge in [-0.25, -0.2) is 4.98 Å². The van der Waals surface area contributed by atoms with E-state index in [0.717, 1.165) is 16.3 Å². The van der Waals surface area contributed by atoms with Gasteiger partial charge in [0, 0.05) is 36.5 Å². The van der Waals surface area contributed by atoms with E-state index >= 15 is 0 Å². The molecule has 1 aromatic carbocycles. The predicted octanol–water partition coefficient (Wildman–Crippen LogP) is 2.93. The zero-order chi connectivity index (χ0) is 22.9. The van der Waals surface area contributed by atoms with Crippen molar-refractivity contribution in [1.29, 1.82) is 0 Å². The summed E-state index contributed by atoms with van der Waals surface area (Å²) < 4.78 is 10.1. The van der Waals surface area contributed by atoms with Crippen molar-refractivity contribution < 1.29 is 23.5 Å². The molecule has 0 spiro atoms. The van der Waals surface area contributed by atoms with E-state index in [9.17, 15) is 14.4 Å². The van der Waals surface area contributed by atoms with Crippen molar-refractivity contribution in [2.45, 2.75) is 19.4 Å². The van der Waals surface area contributed by atoms with Crippen LogP contribution < -0.4 is 15.0 Å². The van der Waals surface area contributed by atoms with Crippen LogP contribution in [-0.2, 0) is 22.6 Å². The Kier molecular flexibility index (Phi) is 5.59. The van der Waals surface area contributed by atoms with Crippen molar-refractivity contribution in [3.8, 4) is 5.75 Å². The highest BCUT2D eigenvalue weighted by molar-refractivity contribution is 7.15. The molecule has 2 aromatic heterocycles. The number of hydrogen-bond donors (Lipinski definition) is 1. The number of fused-ring (bicyclic) bond motifs is 1. The summed E-state index contributed by atoms with van der Waals surface area (Å²) in [5, 5.41) is 3.29. The summed E-state index contributed by atoms with van der Waals surface area (Å²) in [6.07, 6.45) is 3.63. The Bertz CT molecular complexity index is 1190. The van der Waals surface area contributed by atoms with Crippen molar-refractivity contribution in [2.75, 3.05) is 30.4 Å². The molecule has 10 heteroatoms. The molecular weight excluding hydrogens is 444 g/mol. The van der Waals surface area contributed by atoms with Crippen LogP contribution in [-0.4, -0.2) is 47.8 Å². The molecule has 1 unspecified atom stereocenters. The number of nitrogens with zero attached hydrogens (tertiary/aromatic N) is 3. The standard InChI is InChI=1S/C23H22N4O5S/c1-31-17-4-2-16(3-5-17)27-11-15(10-20(27)28)22(30)26-8-6-18-19(12-26)33-23(24-18)25-21(29)14-7-9-32-13-14/h2-5,7,9,13,15H,6,8,10-12H2,1H3,(H,24,25,29). The third-order valence-electron chi connectivity index (χ3n) is 5.91. The fourth-order valence-corrected chi connectivity index (χ4v) is 5.16. The van der Waals surface area contributed by atoms with E-state index in [0.29, 0.717) is 42.5 Å². The molecule has 33 heavy (non-hydrogen) atoms. The molecule has 170 valence electrons. The van der Waals surface area contributed by atoms with Gasteiger partial charge in [-0.1, -0.05) is 11.3 Å². The summed E-state index contributed by atoms with van der Waals surface area (Å²) in [5.41, 5.74) is 2.08. The molecule has 4 heterocycles. The Morgan fingerprint density at radius 1 is 1.24 bits per heavy atom. The number of hydrogen-bond acceptors (Lipinski definition) is 7. The van der Waals surface area contributed by atoms with Gasteiger partial charge in [0.15, 0.2) is 5.13 Å². The summed E-state index contributed by atoms with van der Waals surface area (Å²) in [7, 11) is 1.59. The number of amides is 3. The first kappa shape index (κ1) is 21.2. The third kappa shape index (κ3) is 4.21. The van der Waals surface area contributed by atoms with Gasteiger partial charge in [-0.3, -0.25) is 19.7 Å². The molecule has 2 aliphatic rings. The Labute approximate surface area is 194 Å². The first-order valence-electron chi connectivity index (χ1n) is 10.6. The quantitative estimate of drug-likeness (QED) is 0.620. The van der Waals surface area contributed by atoms with Crippen molar-refractivity contribution >= 4 is 39.9 Å². The molecule has 1 atom stereocenters. The van der Waals surface area contributed by atoms with Gasteiger partial charge in [0.25, 0.3) is 5.91 Å². The Hall–Kier alpha value is -3.66. The molecule has 0 aliphatic carbocycles. The fourth-order valence-electron chi connectivity index (χ4n) is 4.14. The lowest BCUT2D eigenvalue weighted by Crippen LogP contribution is -2.40. The molecule has 5 rings (SSSR count). The van der Waals surface area contributed by atoms with Crippen molar-refractivity contribution in [1.82, 2.24) is 9.88 Å². The van der Waals surface area contributed by atoms with Crippen LogP contribution in [0.1, 0.15) is 27.3 Å². The van der Waals surface area contributed by atoms with Crippen LogP contribution in [0.5, 0.6) is 5.75 Å². The van der Waals surface area contributed by atoms with Crippen LogP contribution in [0, 0.1) is 5.92 Å². The number of rotatable bonds is 5. The van der Waals surface area contributed by atoms with Crippen LogP contribution in [0.3, 0.4) is 0 Å². The average molecular weight is 467 g/mol. The minimum absolute atomic E-state index is 0.0256. The topological polar surface area (TPSA) is 105 Å². The van der Waals surface area contributed by atoms with Crippen molar-refractivity contribution in [3.05, 3.63) is 59.0 Å². The third-order valence-corrected chi connectivity index (χ3v) is 6.90. The van der Waals surface area contributed by atoms with Gasteiger partial charge < -0.3 is 19.0 Å². The van der Waals surface area contributed by atoms with E-state index in [-0.39, 0.29) is 30.1 Å². The summed E-state index contributed by atoms with van der Waals surface area (Å²) in [6.45, 7) is 1.33. The molecule has 3 amide bonds. The zero-order valence-corrected chi connectivity index (χ0v) is 18.8. The summed E-state index contributed by atoms with van der Waals surface area (Å²) in [6, 6.07) is 8.84. The van der Waals surface area contributed by atoms with Gasteiger partial charge in [-0.2, -0.15) is 0 Å². The number of ether oxygens (including phenoxy) is 1. The Balaban J connectivity index is 1.23. The Morgan fingerprint density at radius 3 is 2.79 bits per heavy atom. The molecule has 1 saturated heterocycles. The van der Waals surface area contributed by atoms with E-state index in [1.165, 1.54) is 23.9 Å². The lowest BCUT2D eigenvalue weighted by molar-refractivity contribution is -0.136. The van der Waals surface area contributed by atoms with Gasteiger partial charge in [-0.15, -0.1) is 0 Å². The Morgan fingerprint density at radius 2 is 2.06 bits per heavy atom. The number of carbonyl (C=O) groups is 3. The summed E-state index contributed by atoms with van der Waals surface area (Å²) in [4.78, 5) is 47.0. The number of furan rings is 1. The minimum atomic E-state index is -0.380. The van der Waals surface area contributed by atoms with Crippen LogP contribution in [0.4, 0.5) is 10.8 Å². The van der Waals surface area contributed by atoms with Gasteiger partial charge in [0.1, 0.15) is 12.0 Å². The molecule has 0 bridgehead atoms. The second kappa shape index (κ2) is 8.70. The number of benzene rings is 1. The molecule has 2 aliphatic heterocycles. The maximum absolute atomic E-state index is 13.2. The highest BCUT2D eigenvalue weighted by Crippen LogP contribution is 2.32. The van der Waals surface area contributed by atoms with Crippen LogP contribution in [0.15, 0.2) is 47.3 Å². The molecule has 1 fully saturated rings. The van der Waals surface area contributed by atoms with Gasteiger partial charge in [-0.05, 0) is 30.3 Å².